The summed E-state index contributed by atoms with van der Waals surface area (Å²) < 4.78 is 19.3. The van der Waals surface area contributed by atoms with Crippen molar-refractivity contribution in [2.45, 2.75) is 45.6 Å². The number of nitrogens with one attached hydrogen (secondary N) is 1. The van der Waals surface area contributed by atoms with Gasteiger partial charge < -0.3 is 19.5 Å². The topological polar surface area (TPSA) is 60.0 Å². The molecule has 2 heterocycles. The average molecular weight is 535 g/mol. The number of hydrogen-bond acceptors (Lipinski definition) is 6. The number of benzene rings is 4. The van der Waals surface area contributed by atoms with E-state index in [9.17, 15) is 4.79 Å². The number of rotatable bonds is 8. The van der Waals surface area contributed by atoms with Gasteiger partial charge in [-0.3, -0.25) is 4.90 Å². The molecule has 2 aliphatic heterocycles. The lowest BCUT2D eigenvalue weighted by Gasteiger charge is -2.37. The zero-order chi connectivity index (χ0) is 27.9. The lowest BCUT2D eigenvalue weighted by Crippen LogP contribution is -2.35. The number of nitrogens with zero attached hydrogens (tertiary/aromatic N) is 1. The predicted molar refractivity (Wildman–Crippen MR) is 156 cm³/mol. The second-order valence-corrected chi connectivity index (χ2v) is 10.3. The van der Waals surface area contributed by atoms with Crippen molar-refractivity contribution in [1.29, 1.82) is 0 Å². The van der Waals surface area contributed by atoms with Crippen LogP contribution in [0.2, 0.25) is 0 Å². The van der Waals surface area contributed by atoms with Gasteiger partial charge in [0, 0.05) is 28.1 Å². The van der Waals surface area contributed by atoms with E-state index in [2.05, 4.69) is 44.0 Å². The van der Waals surface area contributed by atoms with Crippen LogP contribution in [0.5, 0.6) is 11.5 Å². The monoisotopic (exact) mass is 534 g/mol. The fourth-order valence-corrected chi connectivity index (χ4v) is 5.91. The van der Waals surface area contributed by atoms with Crippen molar-refractivity contribution in [2.24, 2.45) is 0 Å². The Balaban J connectivity index is 1.44. The second kappa shape index (κ2) is 10.5. The van der Waals surface area contributed by atoms with Gasteiger partial charge in [0.2, 0.25) is 0 Å². The van der Waals surface area contributed by atoms with E-state index in [1.54, 1.807) is 0 Å². The van der Waals surface area contributed by atoms with Crippen molar-refractivity contribution in [2.75, 3.05) is 18.4 Å². The molecule has 40 heavy (non-hydrogen) atoms. The first-order valence-electron chi connectivity index (χ1n) is 14.0. The molecule has 2 aliphatic rings. The van der Waals surface area contributed by atoms with Crippen LogP contribution in [-0.4, -0.2) is 30.2 Å². The van der Waals surface area contributed by atoms with Crippen LogP contribution in [-0.2, 0) is 15.1 Å². The minimum absolute atomic E-state index is 0.0211. The Bertz CT molecular complexity index is 1550. The van der Waals surface area contributed by atoms with Crippen LogP contribution in [0.1, 0.15) is 66.4 Å². The zero-order valence-electron chi connectivity index (χ0n) is 23.3. The molecule has 4 aromatic rings. The van der Waals surface area contributed by atoms with Gasteiger partial charge in [-0.2, -0.15) is 0 Å². The van der Waals surface area contributed by atoms with Crippen LogP contribution in [0.25, 0.3) is 0 Å². The largest absolute Gasteiger partial charge is 0.456 e. The smallest absolute Gasteiger partial charge is 0.340 e. The normalized spacial score (nSPS) is 18.4. The highest BCUT2D eigenvalue weighted by molar-refractivity contribution is 5.97. The number of para-hydroxylation sites is 1. The molecule has 0 saturated carbocycles. The third-order valence-corrected chi connectivity index (χ3v) is 8.00. The van der Waals surface area contributed by atoms with Gasteiger partial charge >= 0.3 is 5.97 Å². The maximum Gasteiger partial charge on any atom is 0.340 e. The van der Waals surface area contributed by atoms with E-state index in [0.29, 0.717) is 17.1 Å². The third kappa shape index (κ3) is 4.34. The molecule has 0 amide bonds. The Kier molecular flexibility index (Phi) is 6.82. The van der Waals surface area contributed by atoms with Crippen molar-refractivity contribution in [3.05, 3.63) is 119 Å². The molecule has 0 aromatic heterocycles. The van der Waals surface area contributed by atoms with Crippen LogP contribution >= 0.6 is 0 Å². The average Bonchev–Trinajstić information content (AvgIpc) is 3.27. The Morgan fingerprint density at radius 1 is 0.800 bits per heavy atom. The number of carbonyl (C=O) groups is 1. The van der Waals surface area contributed by atoms with Crippen LogP contribution in [0.4, 0.5) is 11.4 Å². The van der Waals surface area contributed by atoms with Gasteiger partial charge in [0.15, 0.2) is 5.60 Å². The van der Waals surface area contributed by atoms with E-state index in [1.165, 1.54) is 0 Å². The highest BCUT2D eigenvalue weighted by Crippen LogP contribution is 2.56. The highest BCUT2D eigenvalue weighted by atomic mass is 16.6. The van der Waals surface area contributed by atoms with E-state index in [4.69, 9.17) is 14.2 Å². The molecular formula is C34H34N2O4. The molecule has 6 nitrogen and oxygen atoms in total. The van der Waals surface area contributed by atoms with Crippen molar-refractivity contribution in [3.63, 3.8) is 0 Å². The predicted octanol–water partition coefficient (Wildman–Crippen LogP) is 7.76. The minimum Gasteiger partial charge on any atom is -0.456 e. The second-order valence-electron chi connectivity index (χ2n) is 10.3. The number of hydrogen-bond donors (Lipinski definition) is 1. The molecule has 4 aromatic carbocycles. The summed E-state index contributed by atoms with van der Waals surface area (Å²) >= 11 is 0. The number of ether oxygens (including phenoxy) is 3. The molecule has 6 heteroatoms. The van der Waals surface area contributed by atoms with Crippen molar-refractivity contribution < 1.29 is 19.0 Å². The molecule has 0 radical (unpaired) electrons. The standard InChI is InChI=1S/C34H34N2O4/c1-5-36(6-2)23(4)38-22(3)24-16-18-29-32(20-24)39-31-19-17-26(35-25-12-8-7-9-13-25)21-30(31)34(29)28-15-11-10-14-27(28)33(37)40-34/h7-23,35H,5-6H2,1-4H3. The Morgan fingerprint density at radius 2 is 1.55 bits per heavy atom. The van der Waals surface area contributed by atoms with Gasteiger partial charge in [0.05, 0.1) is 11.7 Å². The van der Waals surface area contributed by atoms with Crippen LogP contribution in [0.3, 0.4) is 0 Å². The van der Waals surface area contributed by atoms with E-state index in [1.807, 2.05) is 84.9 Å². The molecule has 1 N–H and O–H groups in total. The molecular weight excluding hydrogens is 500 g/mol. The molecule has 3 unspecified atom stereocenters. The molecule has 0 aliphatic carbocycles. The van der Waals surface area contributed by atoms with E-state index >= 15 is 0 Å². The van der Waals surface area contributed by atoms with Crippen molar-refractivity contribution in [1.82, 2.24) is 4.90 Å². The maximum absolute atomic E-state index is 13.2. The van der Waals surface area contributed by atoms with Gasteiger partial charge in [-0.25, -0.2) is 4.79 Å². The number of carbonyl (C=O) groups excluding carboxylic acids is 1. The summed E-state index contributed by atoms with van der Waals surface area (Å²) in [5, 5.41) is 3.46. The van der Waals surface area contributed by atoms with Crippen LogP contribution < -0.4 is 10.1 Å². The van der Waals surface area contributed by atoms with E-state index in [-0.39, 0.29) is 18.3 Å². The summed E-state index contributed by atoms with van der Waals surface area (Å²) in [6.45, 7) is 10.3. The highest BCUT2D eigenvalue weighted by Gasteiger charge is 2.53. The molecule has 0 saturated heterocycles. The SMILES string of the molecule is CCN(CC)C(C)OC(C)c1ccc2c(c1)Oc1ccc(Nc3ccccc3)cc1C21OC(=O)c2ccccc21. The summed E-state index contributed by atoms with van der Waals surface area (Å²) in [4.78, 5) is 15.5. The van der Waals surface area contributed by atoms with Gasteiger partial charge in [-0.05, 0) is 75.0 Å². The van der Waals surface area contributed by atoms with Crippen LogP contribution in [0, 0.1) is 0 Å². The molecule has 1 spiro atoms. The lowest BCUT2D eigenvalue weighted by molar-refractivity contribution is -0.0811. The quantitative estimate of drug-likeness (QED) is 0.184. The lowest BCUT2D eigenvalue weighted by atomic mass is 9.77. The Labute approximate surface area is 235 Å². The molecule has 6 rings (SSSR count). The summed E-state index contributed by atoms with van der Waals surface area (Å²) in [6, 6.07) is 29.6. The van der Waals surface area contributed by atoms with Gasteiger partial charge in [-0.1, -0.05) is 62.4 Å². The molecule has 0 fully saturated rings. The number of anilines is 2. The maximum atomic E-state index is 13.2. The van der Waals surface area contributed by atoms with Gasteiger partial charge in [0.25, 0.3) is 0 Å². The number of fused-ring (bicyclic) bond motifs is 6. The van der Waals surface area contributed by atoms with Crippen molar-refractivity contribution >= 4 is 17.3 Å². The minimum atomic E-state index is -1.12. The van der Waals surface area contributed by atoms with Gasteiger partial charge in [-0.15, -0.1) is 0 Å². The van der Waals surface area contributed by atoms with E-state index in [0.717, 1.165) is 46.7 Å². The third-order valence-electron chi connectivity index (χ3n) is 8.00. The molecule has 3 atom stereocenters. The first kappa shape index (κ1) is 26.1. The Morgan fingerprint density at radius 3 is 2.33 bits per heavy atom. The first-order valence-corrected chi connectivity index (χ1v) is 14.0. The first-order chi connectivity index (χ1) is 19.4. The van der Waals surface area contributed by atoms with Gasteiger partial charge in [0.1, 0.15) is 17.7 Å². The summed E-state index contributed by atoms with van der Waals surface area (Å²) in [6.07, 6.45) is -0.176. The molecule has 0 bridgehead atoms. The number of esters is 1. The molecule has 204 valence electrons. The summed E-state index contributed by atoms with van der Waals surface area (Å²) in [5.74, 6) is 0.965. The van der Waals surface area contributed by atoms with E-state index < -0.39 is 5.60 Å². The van der Waals surface area contributed by atoms with Crippen molar-refractivity contribution in [3.8, 4) is 11.5 Å². The van der Waals surface area contributed by atoms with Crippen LogP contribution in [0.15, 0.2) is 91.0 Å². The Hall–Kier alpha value is -4.13. The zero-order valence-corrected chi connectivity index (χ0v) is 23.3. The fraction of sp³-hybridized carbons (Fsp3) is 0.265. The fourth-order valence-electron chi connectivity index (χ4n) is 5.91. The summed E-state index contributed by atoms with van der Waals surface area (Å²) in [7, 11) is 0. The summed E-state index contributed by atoms with van der Waals surface area (Å²) in [5.41, 5.74) is 4.68.